The molecule has 0 saturated heterocycles. The van der Waals surface area contributed by atoms with Crippen LogP contribution in [0.1, 0.15) is 12.8 Å². The van der Waals surface area contributed by atoms with Crippen molar-refractivity contribution in [3.63, 3.8) is 0 Å². The van der Waals surface area contributed by atoms with Crippen molar-refractivity contribution in [1.29, 1.82) is 0 Å². The predicted octanol–water partition coefficient (Wildman–Crippen LogP) is 0.298. The van der Waals surface area contributed by atoms with Crippen LogP contribution in [0.5, 0.6) is 0 Å². The molecule has 0 aromatic rings. The molecule has 1 saturated carbocycles. The zero-order valence-corrected chi connectivity index (χ0v) is 6.52. The third-order valence-corrected chi connectivity index (χ3v) is 2.25. The van der Waals surface area contributed by atoms with Crippen molar-refractivity contribution < 1.29 is 0 Å². The summed E-state index contributed by atoms with van der Waals surface area (Å²) in [4.78, 5) is 2.30. The first kappa shape index (κ1) is 7.03. The van der Waals surface area contributed by atoms with Crippen LogP contribution in [-0.2, 0) is 0 Å². The zero-order valence-electron chi connectivity index (χ0n) is 6.52. The first-order valence-corrected chi connectivity index (χ1v) is 3.57. The van der Waals surface area contributed by atoms with Crippen LogP contribution in [0.4, 0.5) is 0 Å². The van der Waals surface area contributed by atoms with Crippen molar-refractivity contribution >= 4 is 0 Å². The number of hydrogen-bond acceptors (Lipinski definition) is 2. The summed E-state index contributed by atoms with van der Waals surface area (Å²) < 4.78 is 0. The molecule has 1 aliphatic rings. The molecule has 0 spiro atoms. The fraction of sp³-hybridized carbons (Fsp3) is 1.00. The van der Waals surface area contributed by atoms with Crippen molar-refractivity contribution in [3.8, 4) is 0 Å². The highest BCUT2D eigenvalue weighted by atomic mass is 15.1. The van der Waals surface area contributed by atoms with Gasteiger partial charge in [-0.2, -0.15) is 0 Å². The van der Waals surface area contributed by atoms with E-state index in [1.807, 2.05) is 7.05 Å². The second-order valence-corrected chi connectivity index (χ2v) is 3.07. The van der Waals surface area contributed by atoms with Gasteiger partial charge in [-0.1, -0.05) is 0 Å². The monoisotopic (exact) mass is 128 g/mol. The summed E-state index contributed by atoms with van der Waals surface area (Å²) in [6.07, 6.45) is 2.65. The Morgan fingerprint density at radius 3 is 2.22 bits per heavy atom. The summed E-state index contributed by atoms with van der Waals surface area (Å²) in [5.41, 5.74) is 0. The molecule has 0 aliphatic heterocycles. The van der Waals surface area contributed by atoms with Crippen LogP contribution in [0.2, 0.25) is 0 Å². The second kappa shape index (κ2) is 2.67. The largest absolute Gasteiger partial charge is 0.317 e. The Labute approximate surface area is 57.2 Å². The second-order valence-electron chi connectivity index (χ2n) is 3.07. The fourth-order valence-electron chi connectivity index (χ4n) is 1.25. The smallest absolute Gasteiger partial charge is 0.0119 e. The maximum absolute atomic E-state index is 3.26. The Kier molecular flexibility index (Phi) is 2.09. The van der Waals surface area contributed by atoms with E-state index < -0.39 is 0 Å². The first-order chi connectivity index (χ1) is 4.24. The molecule has 0 bridgehead atoms. The molecule has 0 heterocycles. The molecule has 0 aromatic carbocycles. The molecule has 0 radical (unpaired) electrons. The third-order valence-electron chi connectivity index (χ3n) is 2.25. The molecule has 0 atom stereocenters. The summed E-state index contributed by atoms with van der Waals surface area (Å²) in [5, 5.41) is 3.26. The average Bonchev–Trinajstić information content (AvgIpc) is 1.61. The Balaban J connectivity index is 2.12. The zero-order chi connectivity index (χ0) is 6.85. The molecular weight excluding hydrogens is 112 g/mol. The molecule has 54 valence electrons. The summed E-state index contributed by atoms with van der Waals surface area (Å²) >= 11 is 0. The maximum atomic E-state index is 3.26. The van der Waals surface area contributed by atoms with E-state index in [1.54, 1.807) is 0 Å². The van der Waals surface area contributed by atoms with Gasteiger partial charge in [-0.05, 0) is 34.0 Å². The molecule has 1 N–H and O–H groups in total. The van der Waals surface area contributed by atoms with Crippen molar-refractivity contribution in [2.24, 2.45) is 0 Å². The lowest BCUT2D eigenvalue weighted by atomic mass is 9.86. The molecule has 0 amide bonds. The van der Waals surface area contributed by atoms with E-state index in [0.29, 0.717) is 0 Å². The molecular formula is C7H16N2. The normalized spacial score (nSPS) is 34.7. The van der Waals surface area contributed by atoms with Gasteiger partial charge in [0, 0.05) is 12.1 Å². The van der Waals surface area contributed by atoms with E-state index >= 15 is 0 Å². The van der Waals surface area contributed by atoms with Crippen LogP contribution >= 0.6 is 0 Å². The van der Waals surface area contributed by atoms with Crippen LogP contribution in [-0.4, -0.2) is 38.1 Å². The average molecular weight is 128 g/mol. The van der Waals surface area contributed by atoms with Gasteiger partial charge in [0.2, 0.25) is 0 Å². The highest BCUT2D eigenvalue weighted by Gasteiger charge is 2.28. The van der Waals surface area contributed by atoms with E-state index in [4.69, 9.17) is 0 Å². The molecule has 0 aromatic heterocycles. The van der Waals surface area contributed by atoms with Gasteiger partial charge in [0.1, 0.15) is 0 Å². The van der Waals surface area contributed by atoms with Gasteiger partial charge >= 0.3 is 0 Å². The van der Waals surface area contributed by atoms with E-state index in [9.17, 15) is 0 Å². The van der Waals surface area contributed by atoms with E-state index in [2.05, 4.69) is 24.3 Å². The Hall–Kier alpha value is -0.0800. The Morgan fingerprint density at radius 2 is 1.89 bits per heavy atom. The van der Waals surface area contributed by atoms with Crippen LogP contribution in [0.25, 0.3) is 0 Å². The molecule has 9 heavy (non-hydrogen) atoms. The van der Waals surface area contributed by atoms with Crippen LogP contribution in [0.3, 0.4) is 0 Å². The molecule has 2 heteroatoms. The SMILES string of the molecule is CNC1CC(N(C)C)C1. The van der Waals surface area contributed by atoms with E-state index in [-0.39, 0.29) is 0 Å². The minimum absolute atomic E-state index is 0.789. The first-order valence-electron chi connectivity index (χ1n) is 3.57. The van der Waals surface area contributed by atoms with Gasteiger partial charge in [0.15, 0.2) is 0 Å². The summed E-state index contributed by atoms with van der Waals surface area (Å²) in [5.74, 6) is 0. The van der Waals surface area contributed by atoms with Gasteiger partial charge in [0.05, 0.1) is 0 Å². The van der Waals surface area contributed by atoms with Gasteiger partial charge in [-0.3, -0.25) is 0 Å². The van der Waals surface area contributed by atoms with Crippen LogP contribution < -0.4 is 5.32 Å². The van der Waals surface area contributed by atoms with Crippen molar-refractivity contribution in [2.75, 3.05) is 21.1 Å². The van der Waals surface area contributed by atoms with Crippen molar-refractivity contribution in [1.82, 2.24) is 10.2 Å². The quantitative estimate of drug-likeness (QED) is 0.575. The number of hydrogen-bond donors (Lipinski definition) is 1. The van der Waals surface area contributed by atoms with E-state index in [1.165, 1.54) is 12.8 Å². The van der Waals surface area contributed by atoms with Crippen molar-refractivity contribution in [2.45, 2.75) is 24.9 Å². The summed E-state index contributed by atoms with van der Waals surface area (Å²) in [6.45, 7) is 0. The lowest BCUT2D eigenvalue weighted by Crippen LogP contribution is -2.49. The minimum atomic E-state index is 0.789. The minimum Gasteiger partial charge on any atom is -0.317 e. The van der Waals surface area contributed by atoms with Gasteiger partial charge in [-0.15, -0.1) is 0 Å². The number of nitrogens with one attached hydrogen (secondary N) is 1. The summed E-state index contributed by atoms with van der Waals surface area (Å²) in [7, 11) is 6.34. The van der Waals surface area contributed by atoms with E-state index in [0.717, 1.165) is 12.1 Å². The number of rotatable bonds is 2. The fourth-order valence-corrected chi connectivity index (χ4v) is 1.25. The molecule has 0 unspecified atom stereocenters. The predicted molar refractivity (Wildman–Crippen MR) is 39.6 cm³/mol. The third kappa shape index (κ3) is 1.43. The van der Waals surface area contributed by atoms with Crippen LogP contribution in [0, 0.1) is 0 Å². The lowest BCUT2D eigenvalue weighted by Gasteiger charge is -2.39. The van der Waals surface area contributed by atoms with Crippen molar-refractivity contribution in [3.05, 3.63) is 0 Å². The lowest BCUT2D eigenvalue weighted by molar-refractivity contribution is 0.151. The summed E-state index contributed by atoms with van der Waals surface area (Å²) in [6, 6.07) is 1.62. The highest BCUT2D eigenvalue weighted by molar-refractivity contribution is 4.88. The Bertz CT molecular complexity index is 84.9. The highest BCUT2D eigenvalue weighted by Crippen LogP contribution is 2.22. The molecule has 2 nitrogen and oxygen atoms in total. The molecule has 1 aliphatic carbocycles. The van der Waals surface area contributed by atoms with Crippen LogP contribution in [0.15, 0.2) is 0 Å². The Morgan fingerprint density at radius 1 is 1.33 bits per heavy atom. The number of nitrogens with zero attached hydrogens (tertiary/aromatic N) is 1. The topological polar surface area (TPSA) is 15.3 Å². The molecule has 1 rings (SSSR count). The molecule has 1 fully saturated rings. The maximum Gasteiger partial charge on any atom is 0.0119 e. The van der Waals surface area contributed by atoms with Gasteiger partial charge in [0.25, 0.3) is 0 Å². The van der Waals surface area contributed by atoms with Gasteiger partial charge in [-0.25, -0.2) is 0 Å². The van der Waals surface area contributed by atoms with Gasteiger partial charge < -0.3 is 10.2 Å². The standard InChI is InChI=1S/C7H16N2/c1-8-6-4-7(5-6)9(2)3/h6-8H,4-5H2,1-3H3.